The molecule has 0 fully saturated rings. The Labute approximate surface area is 180 Å². The second kappa shape index (κ2) is 9.49. The van der Waals surface area contributed by atoms with Gasteiger partial charge in [-0.05, 0) is 36.4 Å². The molecule has 0 aliphatic rings. The highest BCUT2D eigenvalue weighted by Gasteiger charge is 2.17. The molecule has 0 saturated carbocycles. The number of esters is 1. The summed E-state index contributed by atoms with van der Waals surface area (Å²) in [6, 6.07) is 19.9. The van der Waals surface area contributed by atoms with Crippen LogP contribution in [0.2, 0.25) is 5.02 Å². The number of hydrogen-bond acceptors (Lipinski definition) is 4. The van der Waals surface area contributed by atoms with Gasteiger partial charge in [-0.1, -0.05) is 63.9 Å². The minimum absolute atomic E-state index is 0.246. The van der Waals surface area contributed by atoms with Crippen LogP contribution in [0.3, 0.4) is 0 Å². The van der Waals surface area contributed by atoms with Gasteiger partial charge in [-0.25, -0.2) is 4.79 Å². The quantitative estimate of drug-likeness (QED) is 0.399. The minimum atomic E-state index is -0.627. The van der Waals surface area contributed by atoms with E-state index < -0.39 is 18.5 Å². The predicted octanol–water partition coefficient (Wildman–Crippen LogP) is 5.13. The number of hydrogen-bond donors (Lipinski definition) is 1. The maximum Gasteiger partial charge on any atom is 0.338 e. The lowest BCUT2D eigenvalue weighted by molar-refractivity contribution is -0.119. The molecule has 0 aliphatic heterocycles. The Bertz CT molecular complexity index is 1070. The number of anilines is 1. The first-order valence-corrected chi connectivity index (χ1v) is 9.73. The number of amides is 1. The number of ketones is 1. The first kappa shape index (κ1) is 20.8. The molecule has 3 rings (SSSR count). The maximum absolute atomic E-state index is 12.8. The number of halogens is 2. The Hall–Kier alpha value is -2.96. The molecule has 7 heteroatoms. The van der Waals surface area contributed by atoms with Crippen molar-refractivity contribution in [3.63, 3.8) is 0 Å². The number of carbonyl (C=O) groups excluding carboxylic acids is 3. The van der Waals surface area contributed by atoms with E-state index in [4.69, 9.17) is 16.3 Å². The smallest absolute Gasteiger partial charge is 0.338 e. The largest absolute Gasteiger partial charge is 0.452 e. The number of benzene rings is 3. The Kier molecular flexibility index (Phi) is 6.80. The molecule has 0 radical (unpaired) electrons. The first-order chi connectivity index (χ1) is 13.9. The molecule has 29 heavy (non-hydrogen) atoms. The first-order valence-electron chi connectivity index (χ1n) is 8.56. The van der Waals surface area contributed by atoms with Crippen molar-refractivity contribution in [2.24, 2.45) is 0 Å². The molecule has 0 spiro atoms. The van der Waals surface area contributed by atoms with Crippen LogP contribution in [-0.4, -0.2) is 24.3 Å². The summed E-state index contributed by atoms with van der Waals surface area (Å²) >= 11 is 9.30. The second-order valence-electron chi connectivity index (χ2n) is 6.02. The molecule has 3 aromatic carbocycles. The van der Waals surface area contributed by atoms with Gasteiger partial charge < -0.3 is 10.1 Å². The number of carbonyl (C=O) groups is 3. The zero-order valence-electron chi connectivity index (χ0n) is 15.0. The SMILES string of the molecule is O=C(COC(=O)c1cccc(Br)c1)Nc1ccc(Cl)cc1C(=O)c1ccccc1. The highest BCUT2D eigenvalue weighted by molar-refractivity contribution is 9.10. The van der Waals surface area contributed by atoms with E-state index in [1.54, 1.807) is 60.7 Å². The maximum atomic E-state index is 12.8. The Morgan fingerprint density at radius 2 is 1.62 bits per heavy atom. The molecular formula is C22H15BrClNO4. The van der Waals surface area contributed by atoms with Crippen molar-refractivity contribution < 1.29 is 19.1 Å². The molecule has 0 aromatic heterocycles. The van der Waals surface area contributed by atoms with E-state index in [2.05, 4.69) is 21.2 Å². The minimum Gasteiger partial charge on any atom is -0.452 e. The van der Waals surface area contributed by atoms with E-state index in [0.29, 0.717) is 16.1 Å². The standard InChI is InChI=1S/C22H15BrClNO4/c23-16-8-4-7-15(11-16)22(28)29-13-20(26)25-19-10-9-17(24)12-18(19)21(27)14-5-2-1-3-6-14/h1-12H,13H2,(H,25,26). The zero-order valence-corrected chi connectivity index (χ0v) is 17.4. The fourth-order valence-corrected chi connectivity index (χ4v) is 3.15. The number of rotatable bonds is 6. The number of nitrogens with one attached hydrogen (secondary N) is 1. The van der Waals surface area contributed by atoms with Gasteiger partial charge in [0, 0.05) is 20.6 Å². The van der Waals surface area contributed by atoms with Gasteiger partial charge >= 0.3 is 5.97 Å². The second-order valence-corrected chi connectivity index (χ2v) is 7.37. The fraction of sp³-hybridized carbons (Fsp3) is 0.0455. The Morgan fingerprint density at radius 1 is 0.897 bits per heavy atom. The van der Waals surface area contributed by atoms with E-state index in [-0.39, 0.29) is 17.0 Å². The van der Waals surface area contributed by atoms with Crippen molar-refractivity contribution >= 4 is 50.9 Å². The van der Waals surface area contributed by atoms with Crippen molar-refractivity contribution in [3.05, 3.63) is 99.0 Å². The molecule has 3 aromatic rings. The molecule has 0 atom stereocenters. The van der Waals surface area contributed by atoms with Gasteiger partial charge in [0.05, 0.1) is 11.3 Å². The van der Waals surface area contributed by atoms with Gasteiger partial charge in [-0.15, -0.1) is 0 Å². The summed E-state index contributed by atoms with van der Waals surface area (Å²) < 4.78 is 5.77. The lowest BCUT2D eigenvalue weighted by Gasteiger charge is -2.11. The predicted molar refractivity (Wildman–Crippen MR) is 114 cm³/mol. The summed E-state index contributed by atoms with van der Waals surface area (Å²) in [6.45, 7) is -0.493. The molecule has 0 saturated heterocycles. The van der Waals surface area contributed by atoms with Crippen molar-refractivity contribution in [2.75, 3.05) is 11.9 Å². The zero-order chi connectivity index (χ0) is 20.8. The fourth-order valence-electron chi connectivity index (χ4n) is 2.57. The van der Waals surface area contributed by atoms with Crippen LogP contribution in [0.25, 0.3) is 0 Å². The molecule has 146 valence electrons. The van der Waals surface area contributed by atoms with Crippen LogP contribution in [-0.2, 0) is 9.53 Å². The van der Waals surface area contributed by atoms with Crippen LogP contribution >= 0.6 is 27.5 Å². The van der Waals surface area contributed by atoms with Crippen LogP contribution in [0.4, 0.5) is 5.69 Å². The summed E-state index contributed by atoms with van der Waals surface area (Å²) in [5.74, 6) is -1.48. The lowest BCUT2D eigenvalue weighted by atomic mass is 10.0. The Balaban J connectivity index is 1.70. The third-order valence-corrected chi connectivity index (χ3v) is 4.66. The van der Waals surface area contributed by atoms with Gasteiger partial charge in [0.15, 0.2) is 12.4 Å². The molecule has 0 heterocycles. The normalized spacial score (nSPS) is 10.3. The van der Waals surface area contributed by atoms with Crippen molar-refractivity contribution in [1.29, 1.82) is 0 Å². The van der Waals surface area contributed by atoms with Crippen LogP contribution in [0.1, 0.15) is 26.3 Å². The average Bonchev–Trinajstić information content (AvgIpc) is 2.73. The van der Waals surface area contributed by atoms with Gasteiger partial charge in [0.25, 0.3) is 5.91 Å². The summed E-state index contributed by atoms with van der Waals surface area (Å²) in [7, 11) is 0. The van der Waals surface area contributed by atoms with Crippen LogP contribution in [0, 0.1) is 0 Å². The molecule has 0 bridgehead atoms. The van der Waals surface area contributed by atoms with Gasteiger partial charge in [0.1, 0.15) is 0 Å². The van der Waals surface area contributed by atoms with Crippen LogP contribution in [0.15, 0.2) is 77.3 Å². The van der Waals surface area contributed by atoms with Gasteiger partial charge in [0.2, 0.25) is 0 Å². The van der Waals surface area contributed by atoms with Crippen molar-refractivity contribution in [3.8, 4) is 0 Å². The number of ether oxygens (including phenoxy) is 1. The van der Waals surface area contributed by atoms with Crippen LogP contribution in [0.5, 0.6) is 0 Å². The average molecular weight is 473 g/mol. The van der Waals surface area contributed by atoms with Crippen LogP contribution < -0.4 is 5.32 Å². The van der Waals surface area contributed by atoms with E-state index >= 15 is 0 Å². The van der Waals surface area contributed by atoms with E-state index in [1.807, 2.05) is 0 Å². The van der Waals surface area contributed by atoms with Crippen molar-refractivity contribution in [2.45, 2.75) is 0 Å². The van der Waals surface area contributed by atoms with Gasteiger partial charge in [-0.3, -0.25) is 9.59 Å². The summed E-state index contributed by atoms with van der Waals surface area (Å²) in [5.41, 5.74) is 1.31. The lowest BCUT2D eigenvalue weighted by Crippen LogP contribution is -2.22. The van der Waals surface area contributed by atoms with E-state index in [0.717, 1.165) is 4.47 Å². The third-order valence-electron chi connectivity index (χ3n) is 3.93. The molecule has 0 aliphatic carbocycles. The molecule has 0 unspecified atom stereocenters. The molecule has 1 amide bonds. The van der Waals surface area contributed by atoms with E-state index in [9.17, 15) is 14.4 Å². The molecular weight excluding hydrogens is 458 g/mol. The molecule has 1 N–H and O–H groups in total. The highest BCUT2D eigenvalue weighted by Crippen LogP contribution is 2.24. The monoisotopic (exact) mass is 471 g/mol. The van der Waals surface area contributed by atoms with Gasteiger partial charge in [-0.2, -0.15) is 0 Å². The Morgan fingerprint density at radius 3 is 2.34 bits per heavy atom. The summed E-state index contributed by atoms with van der Waals surface area (Å²) in [4.78, 5) is 37.1. The molecule has 5 nitrogen and oxygen atoms in total. The topological polar surface area (TPSA) is 72.5 Å². The third kappa shape index (κ3) is 5.53. The highest BCUT2D eigenvalue weighted by atomic mass is 79.9. The van der Waals surface area contributed by atoms with E-state index in [1.165, 1.54) is 12.1 Å². The summed E-state index contributed by atoms with van der Waals surface area (Å²) in [5, 5.41) is 2.97. The van der Waals surface area contributed by atoms with Crippen molar-refractivity contribution in [1.82, 2.24) is 0 Å². The summed E-state index contributed by atoms with van der Waals surface area (Å²) in [6.07, 6.45) is 0.